The predicted molar refractivity (Wildman–Crippen MR) is 123 cm³/mol. The van der Waals surface area contributed by atoms with E-state index in [1.807, 2.05) is 0 Å². The summed E-state index contributed by atoms with van der Waals surface area (Å²) in [5.41, 5.74) is 1.42. The highest BCUT2D eigenvalue weighted by Gasteiger charge is 2.22. The predicted octanol–water partition coefficient (Wildman–Crippen LogP) is 5.86. The number of para-hydroxylation sites is 1. The van der Waals surface area contributed by atoms with Crippen molar-refractivity contribution in [2.24, 2.45) is 0 Å². The number of benzene rings is 3. The zero-order chi connectivity index (χ0) is 22.2. The van der Waals surface area contributed by atoms with Crippen molar-refractivity contribution in [2.45, 2.75) is 12.5 Å². The normalized spacial score (nSPS) is 11.5. The molecule has 3 aromatic carbocycles. The van der Waals surface area contributed by atoms with E-state index in [4.69, 9.17) is 32.7 Å². The third kappa shape index (κ3) is 6.00. The number of amides is 1. The van der Waals surface area contributed by atoms with Crippen LogP contribution in [0.3, 0.4) is 0 Å². The maximum Gasteiger partial charge on any atom is 0.259 e. The average molecular weight is 458 g/mol. The van der Waals surface area contributed by atoms with E-state index < -0.39 is 6.10 Å². The summed E-state index contributed by atoms with van der Waals surface area (Å²) in [5, 5.41) is 3.37. The first kappa shape index (κ1) is 22.7. The number of anilines is 1. The molecule has 0 bridgehead atoms. The number of methoxy groups -OCH3 is 1. The number of hydrogen-bond donors (Lipinski definition) is 1. The highest BCUT2D eigenvalue weighted by atomic mass is 35.5. The Kier molecular flexibility index (Phi) is 7.93. The van der Waals surface area contributed by atoms with E-state index >= 15 is 0 Å². The molecule has 0 aliphatic carbocycles. The lowest BCUT2D eigenvalue weighted by molar-refractivity contribution is 0.0787. The lowest BCUT2D eigenvalue weighted by Crippen LogP contribution is -2.28. The van der Waals surface area contributed by atoms with Crippen LogP contribution in [-0.4, -0.2) is 30.8 Å². The monoisotopic (exact) mass is 457 g/mol. The van der Waals surface area contributed by atoms with Crippen LogP contribution >= 0.6 is 23.2 Å². The number of nitrogens with one attached hydrogen (secondary N) is 1. The van der Waals surface area contributed by atoms with Gasteiger partial charge in [-0.15, -0.1) is 11.6 Å². The van der Waals surface area contributed by atoms with Crippen molar-refractivity contribution in [1.82, 2.24) is 0 Å². The highest BCUT2D eigenvalue weighted by molar-refractivity contribution is 6.30. The Bertz CT molecular complexity index is 1050. The van der Waals surface area contributed by atoms with Crippen LogP contribution in [0.15, 0.2) is 72.8 Å². The van der Waals surface area contributed by atoms with Crippen LogP contribution in [-0.2, 0) is 0 Å². The molecule has 0 saturated carbocycles. The molecule has 1 amide bonds. The molecule has 3 aromatic rings. The number of halogens is 2. The quantitative estimate of drug-likeness (QED) is 0.322. The van der Waals surface area contributed by atoms with Crippen LogP contribution in [0.5, 0.6) is 11.5 Å². The van der Waals surface area contributed by atoms with Gasteiger partial charge in [0, 0.05) is 34.6 Å². The first-order chi connectivity index (χ1) is 15.0. The third-order valence-electron chi connectivity index (χ3n) is 4.51. The van der Waals surface area contributed by atoms with E-state index in [-0.39, 0.29) is 17.6 Å². The molecule has 0 radical (unpaired) electrons. The Morgan fingerprint density at radius 3 is 2.45 bits per heavy atom. The Morgan fingerprint density at radius 2 is 1.74 bits per heavy atom. The van der Waals surface area contributed by atoms with Crippen LogP contribution in [0.1, 0.15) is 27.1 Å². The van der Waals surface area contributed by atoms with Gasteiger partial charge >= 0.3 is 0 Å². The lowest BCUT2D eigenvalue weighted by Gasteiger charge is -2.18. The van der Waals surface area contributed by atoms with Gasteiger partial charge in [-0.05, 0) is 48.5 Å². The second-order valence-corrected chi connectivity index (χ2v) is 7.45. The maximum atomic E-state index is 12.9. The first-order valence-corrected chi connectivity index (χ1v) is 10.5. The zero-order valence-electron chi connectivity index (χ0n) is 16.8. The van der Waals surface area contributed by atoms with Crippen LogP contribution in [0.4, 0.5) is 5.69 Å². The van der Waals surface area contributed by atoms with Crippen molar-refractivity contribution in [2.75, 3.05) is 18.3 Å². The Morgan fingerprint density at radius 1 is 1.00 bits per heavy atom. The summed E-state index contributed by atoms with van der Waals surface area (Å²) in [6.07, 6.45) is -0.431. The Labute approximate surface area is 190 Å². The van der Waals surface area contributed by atoms with E-state index in [9.17, 15) is 9.59 Å². The van der Waals surface area contributed by atoms with Crippen molar-refractivity contribution in [3.63, 3.8) is 0 Å². The summed E-state index contributed by atoms with van der Waals surface area (Å²) in [6, 6.07) is 20.4. The second kappa shape index (κ2) is 10.8. The fourth-order valence-electron chi connectivity index (χ4n) is 2.98. The fourth-order valence-corrected chi connectivity index (χ4v) is 3.31. The van der Waals surface area contributed by atoms with E-state index in [0.717, 1.165) is 0 Å². The molecular weight excluding hydrogens is 437 g/mol. The van der Waals surface area contributed by atoms with Crippen molar-refractivity contribution >= 4 is 40.6 Å². The van der Waals surface area contributed by atoms with Gasteiger partial charge in [0.15, 0.2) is 6.10 Å². The molecule has 1 atom stereocenters. The molecule has 3 rings (SSSR count). The van der Waals surface area contributed by atoms with Crippen LogP contribution < -0.4 is 14.8 Å². The minimum Gasteiger partial charge on any atom is -0.496 e. The summed E-state index contributed by atoms with van der Waals surface area (Å²) in [7, 11) is 1.51. The molecular formula is C24H21Cl2NO4. The minimum absolute atomic E-state index is 0.194. The standard InChI is InChI=1S/C24H21Cl2NO4/c1-30-21-8-3-2-7-20(21)24(29)27-18-5-4-6-19(15-18)31-22(13-14-25)23(28)16-9-11-17(26)12-10-16/h2-12,15,22H,13-14H2,1H3,(H,27,29). The molecule has 0 saturated heterocycles. The number of Topliss-reactive ketones (excluding diaryl/α,β-unsaturated/α-hetero) is 1. The largest absolute Gasteiger partial charge is 0.496 e. The smallest absolute Gasteiger partial charge is 0.259 e. The van der Waals surface area contributed by atoms with Gasteiger partial charge in [0.05, 0.1) is 12.7 Å². The molecule has 31 heavy (non-hydrogen) atoms. The van der Waals surface area contributed by atoms with Crippen molar-refractivity contribution in [3.05, 3.63) is 88.9 Å². The molecule has 0 heterocycles. The fraction of sp³-hybridized carbons (Fsp3) is 0.167. The van der Waals surface area contributed by atoms with Gasteiger partial charge < -0.3 is 14.8 Å². The van der Waals surface area contributed by atoms with Gasteiger partial charge in [-0.1, -0.05) is 29.8 Å². The lowest BCUT2D eigenvalue weighted by atomic mass is 10.0. The summed E-state index contributed by atoms with van der Waals surface area (Å²) < 4.78 is 11.2. The number of hydrogen-bond acceptors (Lipinski definition) is 4. The second-order valence-electron chi connectivity index (χ2n) is 6.64. The molecule has 1 unspecified atom stereocenters. The molecule has 0 spiro atoms. The molecule has 7 heteroatoms. The minimum atomic E-state index is -0.765. The summed E-state index contributed by atoms with van der Waals surface area (Å²) in [5.74, 6) is 0.664. The van der Waals surface area contributed by atoms with E-state index in [1.165, 1.54) is 7.11 Å². The van der Waals surface area contributed by atoms with Crippen molar-refractivity contribution in [3.8, 4) is 11.5 Å². The number of carbonyl (C=O) groups excluding carboxylic acids is 2. The Hall–Kier alpha value is -3.02. The molecule has 0 aromatic heterocycles. The molecule has 1 N–H and O–H groups in total. The Balaban J connectivity index is 1.75. The summed E-state index contributed by atoms with van der Waals surface area (Å²) >= 11 is 11.8. The van der Waals surface area contributed by atoms with E-state index in [1.54, 1.807) is 72.8 Å². The van der Waals surface area contributed by atoms with E-state index in [2.05, 4.69) is 5.32 Å². The zero-order valence-corrected chi connectivity index (χ0v) is 18.3. The number of ether oxygens (including phenoxy) is 2. The molecule has 0 aliphatic heterocycles. The molecule has 5 nitrogen and oxygen atoms in total. The van der Waals surface area contributed by atoms with Crippen molar-refractivity contribution < 1.29 is 19.1 Å². The SMILES string of the molecule is COc1ccccc1C(=O)Nc1cccc(OC(CCCl)C(=O)c2ccc(Cl)cc2)c1. The van der Waals surface area contributed by atoms with Gasteiger partial charge in [-0.25, -0.2) is 0 Å². The number of ketones is 1. The summed E-state index contributed by atoms with van der Waals surface area (Å²) in [6.45, 7) is 0. The van der Waals surface area contributed by atoms with Gasteiger partial charge in [-0.3, -0.25) is 9.59 Å². The number of carbonyl (C=O) groups is 2. The molecule has 160 valence electrons. The van der Waals surface area contributed by atoms with Crippen LogP contribution in [0.2, 0.25) is 5.02 Å². The van der Waals surface area contributed by atoms with Gasteiger partial charge in [0.1, 0.15) is 11.5 Å². The highest BCUT2D eigenvalue weighted by Crippen LogP contribution is 2.24. The van der Waals surface area contributed by atoms with Gasteiger partial charge in [0.2, 0.25) is 5.78 Å². The third-order valence-corrected chi connectivity index (χ3v) is 4.98. The molecule has 0 aliphatic rings. The molecule has 0 fully saturated rings. The number of rotatable bonds is 9. The topological polar surface area (TPSA) is 64.6 Å². The first-order valence-electron chi connectivity index (χ1n) is 9.58. The van der Waals surface area contributed by atoms with Gasteiger partial charge in [0.25, 0.3) is 5.91 Å². The van der Waals surface area contributed by atoms with E-state index in [0.29, 0.717) is 39.8 Å². The maximum absolute atomic E-state index is 12.9. The van der Waals surface area contributed by atoms with Crippen LogP contribution in [0, 0.1) is 0 Å². The van der Waals surface area contributed by atoms with Crippen molar-refractivity contribution in [1.29, 1.82) is 0 Å². The number of alkyl halides is 1. The average Bonchev–Trinajstić information content (AvgIpc) is 2.79. The van der Waals surface area contributed by atoms with Crippen LogP contribution in [0.25, 0.3) is 0 Å². The summed E-state index contributed by atoms with van der Waals surface area (Å²) in [4.78, 5) is 25.5. The van der Waals surface area contributed by atoms with Gasteiger partial charge in [-0.2, -0.15) is 0 Å².